The minimum atomic E-state index is -3.51. The summed E-state index contributed by atoms with van der Waals surface area (Å²) in [7, 11) is -3.51. The molecule has 0 atom stereocenters. The summed E-state index contributed by atoms with van der Waals surface area (Å²) in [5, 5.41) is 0.427. The van der Waals surface area contributed by atoms with E-state index >= 15 is 0 Å². The molecule has 1 fully saturated rings. The van der Waals surface area contributed by atoms with Crippen molar-refractivity contribution in [3.05, 3.63) is 28.8 Å². The average molecular weight is 339 g/mol. The third kappa shape index (κ3) is 4.33. The Hall–Kier alpha value is -0.330. The summed E-state index contributed by atoms with van der Waals surface area (Å²) < 4.78 is 27.5. The molecule has 2 rings (SSSR count). The van der Waals surface area contributed by atoms with E-state index in [1.807, 2.05) is 0 Å². The molecule has 20 heavy (non-hydrogen) atoms. The molecular weight excluding hydrogens is 319 g/mol. The molecule has 0 unspecified atom stereocenters. The van der Waals surface area contributed by atoms with Crippen LogP contribution in [0.4, 0.5) is 0 Å². The van der Waals surface area contributed by atoms with Crippen molar-refractivity contribution >= 4 is 34.0 Å². The largest absolute Gasteiger partial charge is 0.328 e. The molecule has 1 saturated carbocycles. The van der Waals surface area contributed by atoms with E-state index in [0.29, 0.717) is 10.6 Å². The van der Waals surface area contributed by atoms with Crippen LogP contribution in [0.1, 0.15) is 31.2 Å². The van der Waals surface area contributed by atoms with Crippen molar-refractivity contribution in [2.45, 2.75) is 49.6 Å². The minimum absolute atomic E-state index is 0. The van der Waals surface area contributed by atoms with Crippen molar-refractivity contribution < 1.29 is 8.42 Å². The van der Waals surface area contributed by atoms with Crippen LogP contribution < -0.4 is 10.5 Å². The van der Waals surface area contributed by atoms with E-state index < -0.39 is 10.0 Å². The molecule has 0 heterocycles. The average Bonchev–Trinajstić information content (AvgIpc) is 2.35. The van der Waals surface area contributed by atoms with Crippen LogP contribution >= 0.6 is 24.0 Å². The fourth-order valence-electron chi connectivity index (χ4n) is 2.38. The molecule has 1 aromatic rings. The molecule has 4 nitrogen and oxygen atoms in total. The van der Waals surface area contributed by atoms with Gasteiger partial charge in [0, 0.05) is 17.1 Å². The Balaban J connectivity index is 0.00000200. The van der Waals surface area contributed by atoms with Gasteiger partial charge in [0.05, 0.1) is 4.90 Å². The number of rotatable bonds is 3. The molecule has 0 spiro atoms. The zero-order chi connectivity index (χ0) is 14.0. The van der Waals surface area contributed by atoms with Crippen LogP contribution in [0.5, 0.6) is 0 Å². The molecule has 3 N–H and O–H groups in total. The number of hydrogen-bond donors (Lipinski definition) is 2. The fraction of sp³-hybridized carbons (Fsp3) is 0.538. The van der Waals surface area contributed by atoms with E-state index in [1.165, 1.54) is 6.07 Å². The molecule has 0 radical (unpaired) electrons. The smallest absolute Gasteiger partial charge is 0.241 e. The van der Waals surface area contributed by atoms with Gasteiger partial charge in [0.25, 0.3) is 0 Å². The van der Waals surface area contributed by atoms with E-state index in [-0.39, 0.29) is 29.4 Å². The first kappa shape index (κ1) is 17.7. The van der Waals surface area contributed by atoms with Gasteiger partial charge < -0.3 is 5.73 Å². The molecule has 1 aliphatic carbocycles. The Morgan fingerprint density at radius 3 is 2.45 bits per heavy atom. The molecule has 1 aliphatic rings. The van der Waals surface area contributed by atoms with Gasteiger partial charge in [0.2, 0.25) is 10.0 Å². The first-order valence-corrected chi connectivity index (χ1v) is 8.28. The van der Waals surface area contributed by atoms with Gasteiger partial charge in [-0.1, -0.05) is 17.7 Å². The van der Waals surface area contributed by atoms with Crippen molar-refractivity contribution in [1.29, 1.82) is 0 Å². The van der Waals surface area contributed by atoms with Crippen LogP contribution in [0.25, 0.3) is 0 Å². The second-order valence-corrected chi connectivity index (χ2v) is 7.26. The number of nitrogens with one attached hydrogen (secondary N) is 1. The lowest BCUT2D eigenvalue weighted by atomic mass is 9.93. The summed E-state index contributed by atoms with van der Waals surface area (Å²) in [5.41, 5.74) is 6.52. The normalized spacial score (nSPS) is 23.1. The lowest BCUT2D eigenvalue weighted by Gasteiger charge is -2.26. The summed E-state index contributed by atoms with van der Waals surface area (Å²) >= 11 is 5.88. The topological polar surface area (TPSA) is 72.2 Å². The van der Waals surface area contributed by atoms with Gasteiger partial charge in [-0.3, -0.25) is 0 Å². The predicted molar refractivity (Wildman–Crippen MR) is 84.0 cm³/mol. The minimum Gasteiger partial charge on any atom is -0.328 e. The summed E-state index contributed by atoms with van der Waals surface area (Å²) in [6, 6.07) is 5.08. The molecule has 0 aromatic heterocycles. The summed E-state index contributed by atoms with van der Waals surface area (Å²) in [4.78, 5) is 0.259. The second-order valence-electron chi connectivity index (χ2n) is 5.14. The summed E-state index contributed by atoms with van der Waals surface area (Å²) in [6.45, 7) is 1.77. The highest BCUT2D eigenvalue weighted by Gasteiger charge is 2.25. The monoisotopic (exact) mass is 338 g/mol. The van der Waals surface area contributed by atoms with Gasteiger partial charge in [-0.2, -0.15) is 0 Å². The Labute approximate surface area is 131 Å². The van der Waals surface area contributed by atoms with Crippen molar-refractivity contribution in [1.82, 2.24) is 4.72 Å². The maximum Gasteiger partial charge on any atom is 0.241 e. The predicted octanol–water partition coefficient (Wildman–Crippen LogP) is 2.62. The van der Waals surface area contributed by atoms with Crippen LogP contribution in [0.15, 0.2) is 23.1 Å². The van der Waals surface area contributed by atoms with Crippen molar-refractivity contribution in [2.24, 2.45) is 5.73 Å². The zero-order valence-corrected chi connectivity index (χ0v) is 13.7. The highest BCUT2D eigenvalue weighted by molar-refractivity contribution is 7.89. The van der Waals surface area contributed by atoms with Gasteiger partial charge in [0.1, 0.15) is 0 Å². The van der Waals surface area contributed by atoms with Gasteiger partial charge >= 0.3 is 0 Å². The van der Waals surface area contributed by atoms with Crippen LogP contribution in [0, 0.1) is 6.92 Å². The third-order valence-electron chi connectivity index (χ3n) is 3.53. The maximum atomic E-state index is 12.4. The first-order chi connectivity index (χ1) is 8.88. The van der Waals surface area contributed by atoms with E-state index in [2.05, 4.69) is 4.72 Å². The fourth-order valence-corrected chi connectivity index (χ4v) is 4.20. The Morgan fingerprint density at radius 2 is 1.85 bits per heavy atom. The van der Waals surface area contributed by atoms with E-state index in [1.54, 1.807) is 19.1 Å². The molecule has 1 aromatic carbocycles. The second kappa shape index (κ2) is 7.09. The van der Waals surface area contributed by atoms with Gasteiger partial charge in [0.15, 0.2) is 0 Å². The van der Waals surface area contributed by atoms with Crippen LogP contribution in [-0.4, -0.2) is 20.5 Å². The number of aryl methyl sites for hydroxylation is 1. The molecule has 0 aliphatic heterocycles. The summed E-state index contributed by atoms with van der Waals surface area (Å²) in [6.07, 6.45) is 3.31. The molecule has 114 valence electrons. The Bertz CT molecular complexity index is 555. The number of halogens is 2. The number of benzene rings is 1. The number of nitrogens with two attached hydrogens (primary N) is 1. The van der Waals surface area contributed by atoms with Crippen molar-refractivity contribution in [3.8, 4) is 0 Å². The van der Waals surface area contributed by atoms with E-state index in [4.69, 9.17) is 17.3 Å². The number of hydrogen-bond acceptors (Lipinski definition) is 3. The third-order valence-corrected chi connectivity index (χ3v) is 5.43. The molecule has 0 amide bonds. The zero-order valence-electron chi connectivity index (χ0n) is 11.3. The SMILES string of the molecule is Cc1ccc(Cl)cc1S(=O)(=O)NC1CCC(N)CC1.Cl. The Kier molecular flexibility index (Phi) is 6.28. The quantitative estimate of drug-likeness (QED) is 0.889. The Morgan fingerprint density at radius 1 is 1.25 bits per heavy atom. The van der Waals surface area contributed by atoms with Gasteiger partial charge in [-0.05, 0) is 50.3 Å². The standard InChI is InChI=1S/C13H19ClN2O2S.ClH/c1-9-2-3-10(14)8-13(9)19(17,18)16-12-6-4-11(15)5-7-12;/h2-3,8,11-12,16H,4-7,15H2,1H3;1H. The number of sulfonamides is 1. The lowest BCUT2D eigenvalue weighted by Crippen LogP contribution is -2.40. The molecule has 7 heteroatoms. The maximum absolute atomic E-state index is 12.4. The highest BCUT2D eigenvalue weighted by atomic mass is 35.5. The van der Waals surface area contributed by atoms with E-state index in [9.17, 15) is 8.42 Å². The molecule has 0 saturated heterocycles. The van der Waals surface area contributed by atoms with Gasteiger partial charge in [-0.15, -0.1) is 12.4 Å². The lowest BCUT2D eigenvalue weighted by molar-refractivity contribution is 0.373. The van der Waals surface area contributed by atoms with Crippen LogP contribution in [-0.2, 0) is 10.0 Å². The van der Waals surface area contributed by atoms with Crippen molar-refractivity contribution in [2.75, 3.05) is 0 Å². The van der Waals surface area contributed by atoms with Crippen molar-refractivity contribution in [3.63, 3.8) is 0 Å². The first-order valence-electron chi connectivity index (χ1n) is 6.42. The molecule has 0 bridgehead atoms. The summed E-state index contributed by atoms with van der Waals surface area (Å²) in [5.74, 6) is 0. The van der Waals surface area contributed by atoms with Gasteiger partial charge in [-0.25, -0.2) is 13.1 Å². The highest BCUT2D eigenvalue weighted by Crippen LogP contribution is 2.23. The van der Waals surface area contributed by atoms with Crippen LogP contribution in [0.2, 0.25) is 5.02 Å². The van der Waals surface area contributed by atoms with Crippen LogP contribution in [0.3, 0.4) is 0 Å². The molecular formula is C13H20Cl2N2O2S. The van der Waals surface area contributed by atoms with E-state index in [0.717, 1.165) is 25.7 Å².